The lowest BCUT2D eigenvalue weighted by Gasteiger charge is -2.18. The molecule has 2 heteroatoms. The fourth-order valence-electron chi connectivity index (χ4n) is 1.50. The maximum absolute atomic E-state index is 5.70. The van der Waals surface area contributed by atoms with Crippen LogP contribution < -0.4 is 4.74 Å². The lowest BCUT2D eigenvalue weighted by Crippen LogP contribution is -2.13. The van der Waals surface area contributed by atoms with Gasteiger partial charge in [-0.2, -0.15) is 0 Å². The van der Waals surface area contributed by atoms with Gasteiger partial charge in [-0.1, -0.05) is 45.0 Å². The molecule has 0 aliphatic carbocycles. The van der Waals surface area contributed by atoms with Gasteiger partial charge in [-0.05, 0) is 18.2 Å². The van der Waals surface area contributed by atoms with Crippen LogP contribution in [0.25, 0.3) is 0 Å². The van der Waals surface area contributed by atoms with E-state index >= 15 is 0 Å². The van der Waals surface area contributed by atoms with Crippen LogP contribution in [0.2, 0.25) is 0 Å². The summed E-state index contributed by atoms with van der Waals surface area (Å²) < 4.78 is 5.70. The Kier molecular flexibility index (Phi) is 3.14. The molecule has 17 heavy (non-hydrogen) atoms. The van der Waals surface area contributed by atoms with Crippen LogP contribution in [0, 0.1) is 0 Å². The van der Waals surface area contributed by atoms with E-state index in [0.29, 0.717) is 5.88 Å². The van der Waals surface area contributed by atoms with Gasteiger partial charge in [0, 0.05) is 17.2 Å². The highest BCUT2D eigenvalue weighted by Crippen LogP contribution is 2.24. The number of aromatic nitrogens is 1. The first-order valence-electron chi connectivity index (χ1n) is 5.76. The Labute approximate surface area is 102 Å². The zero-order valence-corrected chi connectivity index (χ0v) is 10.5. The van der Waals surface area contributed by atoms with Gasteiger partial charge in [-0.3, -0.25) is 0 Å². The number of ether oxygens (including phenoxy) is 1. The molecular weight excluding hydrogens is 210 g/mol. The number of hydrogen-bond acceptors (Lipinski definition) is 2. The first kappa shape index (κ1) is 11.6. The minimum absolute atomic E-state index is 0.0378. The summed E-state index contributed by atoms with van der Waals surface area (Å²) in [7, 11) is 0. The molecule has 2 rings (SSSR count). The van der Waals surface area contributed by atoms with Crippen LogP contribution in [0.15, 0.2) is 48.5 Å². The maximum atomic E-state index is 5.70. The Morgan fingerprint density at radius 2 is 1.59 bits per heavy atom. The van der Waals surface area contributed by atoms with E-state index in [1.807, 2.05) is 48.5 Å². The molecule has 0 fully saturated rings. The van der Waals surface area contributed by atoms with E-state index in [1.165, 1.54) is 0 Å². The highest BCUT2D eigenvalue weighted by atomic mass is 16.5. The summed E-state index contributed by atoms with van der Waals surface area (Å²) in [6, 6.07) is 15.6. The van der Waals surface area contributed by atoms with Crippen molar-refractivity contribution in [3.8, 4) is 11.6 Å². The molecule has 0 atom stereocenters. The predicted molar refractivity (Wildman–Crippen MR) is 69.5 cm³/mol. The zero-order chi connectivity index (χ0) is 12.3. The van der Waals surface area contributed by atoms with Crippen molar-refractivity contribution >= 4 is 0 Å². The maximum Gasteiger partial charge on any atom is 0.219 e. The van der Waals surface area contributed by atoms with Gasteiger partial charge in [0.05, 0.1) is 0 Å². The Hall–Kier alpha value is -1.83. The largest absolute Gasteiger partial charge is 0.439 e. The van der Waals surface area contributed by atoms with Gasteiger partial charge in [0.25, 0.3) is 0 Å². The van der Waals surface area contributed by atoms with E-state index in [-0.39, 0.29) is 5.41 Å². The van der Waals surface area contributed by atoms with Crippen LogP contribution in [0.4, 0.5) is 0 Å². The van der Waals surface area contributed by atoms with Gasteiger partial charge in [0.1, 0.15) is 5.75 Å². The van der Waals surface area contributed by atoms with E-state index in [1.54, 1.807) is 0 Å². The van der Waals surface area contributed by atoms with Crippen LogP contribution in [0.5, 0.6) is 11.6 Å². The molecule has 0 N–H and O–H groups in total. The average Bonchev–Trinajstić information content (AvgIpc) is 2.29. The summed E-state index contributed by atoms with van der Waals surface area (Å²) in [5, 5.41) is 0. The van der Waals surface area contributed by atoms with Crippen molar-refractivity contribution in [1.29, 1.82) is 0 Å². The highest BCUT2D eigenvalue weighted by Gasteiger charge is 2.15. The minimum Gasteiger partial charge on any atom is -0.439 e. The summed E-state index contributed by atoms with van der Waals surface area (Å²) in [6.07, 6.45) is 0. The highest BCUT2D eigenvalue weighted by molar-refractivity contribution is 5.28. The van der Waals surface area contributed by atoms with Crippen molar-refractivity contribution in [2.45, 2.75) is 26.2 Å². The van der Waals surface area contributed by atoms with Gasteiger partial charge < -0.3 is 4.74 Å². The van der Waals surface area contributed by atoms with Crippen molar-refractivity contribution in [2.24, 2.45) is 0 Å². The lowest BCUT2D eigenvalue weighted by molar-refractivity contribution is 0.452. The molecule has 0 saturated heterocycles. The third-order valence-electron chi connectivity index (χ3n) is 2.46. The summed E-state index contributed by atoms with van der Waals surface area (Å²) in [5.41, 5.74) is 1.07. The Bertz CT molecular complexity index is 486. The van der Waals surface area contributed by atoms with Crippen molar-refractivity contribution in [3.63, 3.8) is 0 Å². The molecule has 88 valence electrons. The number of hydrogen-bond donors (Lipinski definition) is 0. The molecule has 0 unspecified atom stereocenters. The van der Waals surface area contributed by atoms with E-state index in [9.17, 15) is 0 Å². The van der Waals surface area contributed by atoms with Gasteiger partial charge in [-0.25, -0.2) is 4.98 Å². The molecule has 0 aliphatic heterocycles. The van der Waals surface area contributed by atoms with Gasteiger partial charge in [0.2, 0.25) is 5.88 Å². The number of nitrogens with zero attached hydrogens (tertiary/aromatic N) is 1. The first-order valence-corrected chi connectivity index (χ1v) is 5.76. The molecule has 0 amide bonds. The van der Waals surface area contributed by atoms with Gasteiger partial charge >= 0.3 is 0 Å². The molecule has 1 aromatic carbocycles. The van der Waals surface area contributed by atoms with Crippen molar-refractivity contribution in [3.05, 3.63) is 54.2 Å². The lowest BCUT2D eigenvalue weighted by atomic mass is 9.92. The van der Waals surface area contributed by atoms with Crippen molar-refractivity contribution < 1.29 is 4.74 Å². The molecule has 0 radical (unpaired) electrons. The van der Waals surface area contributed by atoms with Gasteiger partial charge in [0.15, 0.2) is 0 Å². The van der Waals surface area contributed by atoms with Crippen molar-refractivity contribution in [2.75, 3.05) is 0 Å². The fraction of sp³-hybridized carbons (Fsp3) is 0.267. The number of pyridine rings is 1. The third kappa shape index (κ3) is 3.06. The monoisotopic (exact) mass is 227 g/mol. The quantitative estimate of drug-likeness (QED) is 0.768. The molecule has 1 heterocycles. The minimum atomic E-state index is 0.0378. The second-order valence-electron chi connectivity index (χ2n) is 5.03. The van der Waals surface area contributed by atoms with Crippen LogP contribution in [-0.2, 0) is 5.41 Å². The molecule has 0 aliphatic rings. The standard InChI is InChI=1S/C15H17NO/c1-15(2,3)13-10-7-11-14(16-13)17-12-8-5-4-6-9-12/h4-11H,1-3H3. The molecule has 2 aromatic rings. The zero-order valence-electron chi connectivity index (χ0n) is 10.5. The smallest absolute Gasteiger partial charge is 0.219 e. The third-order valence-corrected chi connectivity index (χ3v) is 2.46. The second kappa shape index (κ2) is 4.58. The molecule has 0 spiro atoms. The Balaban J connectivity index is 2.23. The van der Waals surface area contributed by atoms with E-state index in [0.717, 1.165) is 11.4 Å². The van der Waals surface area contributed by atoms with Crippen LogP contribution in [0.3, 0.4) is 0 Å². The van der Waals surface area contributed by atoms with E-state index in [2.05, 4.69) is 25.8 Å². The normalized spacial score (nSPS) is 11.2. The van der Waals surface area contributed by atoms with E-state index < -0.39 is 0 Å². The average molecular weight is 227 g/mol. The molecular formula is C15H17NO. The number of benzene rings is 1. The Morgan fingerprint density at radius 1 is 0.882 bits per heavy atom. The van der Waals surface area contributed by atoms with Crippen LogP contribution >= 0.6 is 0 Å². The SMILES string of the molecule is CC(C)(C)c1cccc(Oc2ccccc2)n1. The molecule has 1 aromatic heterocycles. The fourth-order valence-corrected chi connectivity index (χ4v) is 1.50. The second-order valence-corrected chi connectivity index (χ2v) is 5.03. The molecule has 0 bridgehead atoms. The van der Waals surface area contributed by atoms with E-state index in [4.69, 9.17) is 4.74 Å². The number of rotatable bonds is 2. The summed E-state index contributed by atoms with van der Waals surface area (Å²) >= 11 is 0. The molecule has 2 nitrogen and oxygen atoms in total. The molecule has 0 saturated carbocycles. The first-order chi connectivity index (χ1) is 8.05. The Morgan fingerprint density at radius 3 is 2.24 bits per heavy atom. The predicted octanol–water partition coefficient (Wildman–Crippen LogP) is 4.17. The van der Waals surface area contributed by atoms with Crippen molar-refractivity contribution in [1.82, 2.24) is 4.98 Å². The summed E-state index contributed by atoms with van der Waals surface area (Å²) in [4.78, 5) is 4.52. The number of para-hydroxylation sites is 1. The van der Waals surface area contributed by atoms with Crippen LogP contribution in [0.1, 0.15) is 26.5 Å². The topological polar surface area (TPSA) is 22.1 Å². The van der Waals surface area contributed by atoms with Gasteiger partial charge in [-0.15, -0.1) is 0 Å². The van der Waals surface area contributed by atoms with Crippen LogP contribution in [-0.4, -0.2) is 4.98 Å². The summed E-state index contributed by atoms with van der Waals surface area (Å²) in [6.45, 7) is 6.42. The summed E-state index contributed by atoms with van der Waals surface area (Å²) in [5.74, 6) is 1.45.